The van der Waals surface area contributed by atoms with E-state index < -0.39 is 79.0 Å². The van der Waals surface area contributed by atoms with Crippen molar-refractivity contribution in [1.29, 1.82) is 0 Å². The zero-order chi connectivity index (χ0) is 56.5. The molecule has 0 spiro atoms. The number of nitrogens with zero attached hydrogens (tertiary/aromatic N) is 4. The van der Waals surface area contributed by atoms with Gasteiger partial charge in [-0.2, -0.15) is 0 Å². The Balaban J connectivity index is 1.15. The largest absolute Gasteiger partial charge is 0.458 e. The van der Waals surface area contributed by atoms with Crippen LogP contribution < -0.4 is 49.2 Å². The summed E-state index contributed by atoms with van der Waals surface area (Å²) in [5.41, 5.74) is -7.54. The lowest BCUT2D eigenvalue weighted by Gasteiger charge is -2.42. The summed E-state index contributed by atoms with van der Waals surface area (Å²) in [6.07, 6.45) is -0.0843. The highest BCUT2D eigenvalue weighted by molar-refractivity contribution is 5.99. The number of rotatable bonds is 11. The van der Waals surface area contributed by atoms with E-state index in [1.807, 2.05) is 65.8 Å². The minimum Gasteiger partial charge on any atom is -0.458 e. The van der Waals surface area contributed by atoms with E-state index in [1.54, 1.807) is 71.9 Å². The second kappa shape index (κ2) is 18.0. The highest BCUT2D eigenvalue weighted by atomic mass is 16.5. The molecule has 0 aliphatic heterocycles. The second-order valence-corrected chi connectivity index (χ2v) is 25.1. The van der Waals surface area contributed by atoms with Gasteiger partial charge in [-0.3, -0.25) is 47.5 Å². The molecule has 4 heterocycles. The van der Waals surface area contributed by atoms with Crippen molar-refractivity contribution >= 4 is 49.1 Å². The van der Waals surface area contributed by atoms with Crippen LogP contribution in [0.15, 0.2) is 129 Å². The summed E-state index contributed by atoms with van der Waals surface area (Å²) >= 11 is 0. The van der Waals surface area contributed by atoms with E-state index in [-0.39, 0.29) is 70.9 Å². The third-order valence-electron chi connectivity index (χ3n) is 15.6. The number of ether oxygens (including phenoxy) is 2. The van der Waals surface area contributed by atoms with Crippen LogP contribution >= 0.6 is 0 Å². The molecule has 77 heavy (non-hydrogen) atoms. The average molecular weight is 1040 g/mol. The molecule has 9 rings (SSSR count). The van der Waals surface area contributed by atoms with Crippen LogP contribution in [-0.4, -0.2) is 30.3 Å². The molecule has 0 N–H and O–H groups in total. The molecular formula is C62H64N4O11. The van der Waals surface area contributed by atoms with E-state index in [2.05, 4.69) is 20.8 Å². The molecular weight excluding hydrogens is 977 g/mol. The molecule has 5 aromatic carbocycles. The van der Waals surface area contributed by atoms with E-state index in [1.165, 1.54) is 36.4 Å². The Morgan fingerprint density at radius 3 is 1.27 bits per heavy atom. The summed E-state index contributed by atoms with van der Waals surface area (Å²) in [6, 6.07) is 23.2. The molecule has 1 unspecified atom stereocenters. The Kier molecular flexibility index (Phi) is 12.6. The first kappa shape index (κ1) is 53.7. The maximum Gasteiger partial charge on any atom is 0.338 e. The van der Waals surface area contributed by atoms with E-state index in [0.29, 0.717) is 23.5 Å². The maximum atomic E-state index is 14.8. The van der Waals surface area contributed by atoms with Crippen LogP contribution in [0.3, 0.4) is 0 Å². The predicted octanol–water partition coefficient (Wildman–Crippen LogP) is 9.51. The van der Waals surface area contributed by atoms with Gasteiger partial charge >= 0.3 is 5.97 Å². The van der Waals surface area contributed by atoms with E-state index >= 15 is 0 Å². The van der Waals surface area contributed by atoms with Crippen molar-refractivity contribution in [1.82, 2.24) is 18.3 Å². The van der Waals surface area contributed by atoms with Gasteiger partial charge in [0.15, 0.2) is 0 Å². The number of hydrogen-bond acceptors (Lipinski definition) is 11. The molecule has 0 aliphatic rings. The monoisotopic (exact) mass is 1040 g/mol. The smallest absolute Gasteiger partial charge is 0.338 e. The summed E-state index contributed by atoms with van der Waals surface area (Å²) in [5, 5.41) is -0.506. The highest BCUT2D eigenvalue weighted by Gasteiger charge is 2.44. The van der Waals surface area contributed by atoms with Crippen LogP contribution in [0, 0.1) is 10.8 Å². The Morgan fingerprint density at radius 1 is 0.468 bits per heavy atom. The predicted molar refractivity (Wildman–Crippen MR) is 303 cm³/mol. The van der Waals surface area contributed by atoms with Crippen LogP contribution in [0.5, 0.6) is 11.5 Å². The molecule has 9 aromatic rings. The third kappa shape index (κ3) is 8.92. The van der Waals surface area contributed by atoms with Crippen LogP contribution in [0.4, 0.5) is 0 Å². The van der Waals surface area contributed by atoms with Gasteiger partial charge in [-0.05, 0) is 140 Å². The van der Waals surface area contributed by atoms with Crippen molar-refractivity contribution < 1.29 is 14.3 Å². The standard InChI is InChI=1S/C62H64N4O11/c1-32(2)63-49(67)40-27-42-43(28-41(40)50(63)68)54(72)65(53(42)71)37-25-33(57(75)77-48(60(9,10)11)31-58(3,4)5)24-35(26-37)61(12,13)62(14,15)66-55(73)46-29-44-45(30-47(46)56(66)74)52(70)64(51(44)69)36-18-22-39(23-19-36)76-38-20-16-34(17-21-38)59(6,7)8/h16-30,32,48H,31H2,1-15H3. The number of esters is 1. The molecule has 0 saturated carbocycles. The quantitative estimate of drug-likeness (QED) is 0.112. The van der Waals surface area contributed by atoms with Gasteiger partial charge in [-0.1, -0.05) is 88.3 Å². The van der Waals surface area contributed by atoms with Crippen molar-refractivity contribution in [2.75, 3.05) is 0 Å². The van der Waals surface area contributed by atoms with Crippen LogP contribution in [0.2, 0.25) is 0 Å². The number of hydrogen-bond donors (Lipinski definition) is 0. The van der Waals surface area contributed by atoms with E-state index in [9.17, 15) is 43.2 Å². The van der Waals surface area contributed by atoms with Crippen molar-refractivity contribution in [3.05, 3.63) is 191 Å². The highest BCUT2D eigenvalue weighted by Crippen LogP contribution is 2.41. The number of benzene rings is 5. The molecule has 0 saturated heterocycles. The second-order valence-electron chi connectivity index (χ2n) is 25.1. The lowest BCUT2D eigenvalue weighted by Crippen LogP contribution is -2.52. The van der Waals surface area contributed by atoms with Crippen molar-refractivity contribution in [2.24, 2.45) is 10.8 Å². The van der Waals surface area contributed by atoms with Crippen LogP contribution in [0.1, 0.15) is 138 Å². The fraction of sp³-hybridized carbons (Fsp3) is 0.371. The molecule has 1 atom stereocenters. The average Bonchev–Trinajstić information content (AvgIpc) is 4.04. The van der Waals surface area contributed by atoms with Crippen molar-refractivity contribution in [2.45, 2.75) is 139 Å². The van der Waals surface area contributed by atoms with Crippen molar-refractivity contribution in [3.63, 3.8) is 0 Å². The number of aromatic nitrogens is 4. The molecule has 0 fully saturated rings. The molecule has 398 valence electrons. The number of carbonyl (C=O) groups is 1. The van der Waals surface area contributed by atoms with Gasteiger partial charge in [-0.25, -0.2) is 13.9 Å². The SMILES string of the molecule is CC(C)n1c(=O)c2cc3c(=O)n(-c4cc(C(=O)OC(CC(C)(C)C)C(C)(C)C)cc(C(C)(C)C(C)(C)n5c(=O)c6cc7c(=O)n(-c8ccc(Oc9ccc(C(C)(C)C)cc9)cc8)c(=O)c7cc6c5=O)c4)c(=O)c3cc2c1=O. The van der Waals surface area contributed by atoms with E-state index in [4.69, 9.17) is 9.47 Å². The van der Waals surface area contributed by atoms with Crippen LogP contribution in [0.25, 0.3) is 54.5 Å². The summed E-state index contributed by atoms with van der Waals surface area (Å²) in [5.74, 6) is 0.333. The molecule has 15 heteroatoms. The van der Waals surface area contributed by atoms with Gasteiger partial charge in [0.25, 0.3) is 44.5 Å². The Hall–Kier alpha value is -8.07. The molecule has 0 aliphatic carbocycles. The Bertz CT molecular complexity index is 4190. The Labute approximate surface area is 443 Å². The zero-order valence-electron chi connectivity index (χ0n) is 46.3. The summed E-state index contributed by atoms with van der Waals surface area (Å²) in [4.78, 5) is 128. The first-order chi connectivity index (χ1) is 35.6. The minimum atomic E-state index is -1.48. The Morgan fingerprint density at radius 2 is 0.870 bits per heavy atom. The summed E-state index contributed by atoms with van der Waals surface area (Å²) in [7, 11) is 0. The van der Waals surface area contributed by atoms with Gasteiger partial charge in [0, 0.05) is 11.5 Å². The fourth-order valence-electron chi connectivity index (χ4n) is 10.4. The first-order valence-corrected chi connectivity index (χ1v) is 25.8. The zero-order valence-corrected chi connectivity index (χ0v) is 46.3. The maximum absolute atomic E-state index is 14.8. The van der Waals surface area contributed by atoms with Gasteiger partial charge in [-0.15, -0.1) is 0 Å². The molecule has 0 bridgehead atoms. The topological polar surface area (TPSA) is 192 Å². The molecule has 4 aromatic heterocycles. The first-order valence-electron chi connectivity index (χ1n) is 25.8. The van der Waals surface area contributed by atoms with Gasteiger partial charge in [0.1, 0.15) is 17.6 Å². The molecule has 0 amide bonds. The van der Waals surface area contributed by atoms with Crippen molar-refractivity contribution in [3.8, 4) is 22.9 Å². The molecule has 0 radical (unpaired) electrons. The van der Waals surface area contributed by atoms with Gasteiger partial charge in [0.2, 0.25) is 0 Å². The minimum absolute atomic E-state index is 0.00888. The normalized spacial score (nSPS) is 13.5. The lowest BCUT2D eigenvalue weighted by atomic mass is 9.69. The van der Waals surface area contributed by atoms with Gasteiger partial charge < -0.3 is 9.47 Å². The van der Waals surface area contributed by atoms with Crippen LogP contribution in [-0.2, 0) is 21.1 Å². The fourth-order valence-corrected chi connectivity index (χ4v) is 10.4. The van der Waals surface area contributed by atoms with Gasteiger partial charge in [0.05, 0.1) is 65.6 Å². The number of fused-ring (bicyclic) bond motifs is 4. The molecule has 15 nitrogen and oxygen atoms in total. The lowest BCUT2D eigenvalue weighted by molar-refractivity contribution is -0.0183. The summed E-state index contributed by atoms with van der Waals surface area (Å²) in [6.45, 7) is 28.5. The number of carbonyl (C=O) groups excluding carboxylic acids is 1. The van der Waals surface area contributed by atoms with E-state index in [0.717, 1.165) is 23.8 Å². The third-order valence-corrected chi connectivity index (χ3v) is 15.6. The summed E-state index contributed by atoms with van der Waals surface area (Å²) < 4.78 is 16.3.